The molecule has 48 heavy (non-hydrogen) atoms. The number of aliphatic hydroxyl groups is 1. The maximum atomic E-state index is 13.8. The van der Waals surface area contributed by atoms with E-state index in [1.54, 1.807) is 45.0 Å². The molecule has 1 aliphatic carbocycles. The number of aliphatic hydroxyl groups excluding tert-OH is 1. The smallest absolute Gasteiger partial charge is 0.408 e. The lowest BCUT2D eigenvalue weighted by Gasteiger charge is -2.32. The van der Waals surface area contributed by atoms with Crippen LogP contribution in [0.4, 0.5) is 9.59 Å². The first-order valence-electron chi connectivity index (χ1n) is 16.6. The molecule has 14 nitrogen and oxygen atoms in total. The highest BCUT2D eigenvalue weighted by atomic mass is 35.5. The van der Waals surface area contributed by atoms with Gasteiger partial charge in [-0.1, -0.05) is 55.8 Å². The predicted octanol–water partition coefficient (Wildman–Crippen LogP) is 4.96. The van der Waals surface area contributed by atoms with Crippen LogP contribution in [-0.4, -0.2) is 91.9 Å². The van der Waals surface area contributed by atoms with E-state index in [-0.39, 0.29) is 57.6 Å². The number of amides is 4. The molecule has 4 amide bonds. The lowest BCUT2D eigenvalue weighted by molar-refractivity contribution is -0.131. The van der Waals surface area contributed by atoms with E-state index in [0.29, 0.717) is 23.6 Å². The van der Waals surface area contributed by atoms with Gasteiger partial charge in [0.25, 0.3) is 0 Å². The first-order valence-corrected chi connectivity index (χ1v) is 18.6. The molecule has 0 aromatic heterocycles. The number of ether oxygens (including phenoxy) is 2. The molecule has 1 aromatic carbocycles. The van der Waals surface area contributed by atoms with Crippen molar-refractivity contribution in [1.29, 1.82) is 0 Å². The Labute approximate surface area is 288 Å². The van der Waals surface area contributed by atoms with Crippen LogP contribution in [0.1, 0.15) is 77.7 Å². The number of nitrogens with zero attached hydrogens (tertiary/aromatic N) is 1. The Morgan fingerprint density at radius 3 is 2.33 bits per heavy atom. The topological polar surface area (TPSA) is 182 Å². The first-order chi connectivity index (χ1) is 22.9. The molecule has 4 N–H and O–H groups in total. The van der Waals surface area contributed by atoms with Gasteiger partial charge in [0.15, 0.2) is 5.85 Å². The summed E-state index contributed by atoms with van der Waals surface area (Å²) in [5.41, 5.74) is 0.669. The summed E-state index contributed by atoms with van der Waals surface area (Å²) in [4.78, 5) is 52.6. The first kappa shape index (κ1) is 41.3. The summed E-state index contributed by atoms with van der Waals surface area (Å²) < 4.78 is 34.7. The standard InChI is InChI=1S/C32H52ClN4O10P/c1-5-34-31(41)44-19-18-37(4)28(38)17-16-26(30(40)48(43,46-6-2)47-7-3)35-29(39)27(21-23-12-9-8-10-13-23)36-32(42)45-22-24-14-11-15-25(33)20-24/h11,14-15,20,23,26-27,30,40H,5-10,12-13,16-19,21-22H2,1-4H3,(H,34,41)(H,35,39)(H,36,42)/t26-,27-,30?/m0/s1. The highest BCUT2D eigenvalue weighted by Gasteiger charge is 2.42. The number of carbonyl (C=O) groups is 4. The molecule has 0 spiro atoms. The molecule has 16 heteroatoms. The molecule has 1 aliphatic rings. The van der Waals surface area contributed by atoms with Gasteiger partial charge >= 0.3 is 19.8 Å². The molecule has 0 saturated heterocycles. The zero-order chi connectivity index (χ0) is 35.5. The second kappa shape index (κ2) is 21.9. The third kappa shape index (κ3) is 14.7. The molecular weight excluding hydrogens is 667 g/mol. The second-order valence-electron chi connectivity index (χ2n) is 11.6. The summed E-state index contributed by atoms with van der Waals surface area (Å²) in [6.45, 7) is 5.26. The van der Waals surface area contributed by atoms with Gasteiger partial charge in [-0.3, -0.25) is 14.2 Å². The second-order valence-corrected chi connectivity index (χ2v) is 14.1. The number of rotatable bonds is 20. The van der Waals surface area contributed by atoms with Gasteiger partial charge < -0.3 is 44.5 Å². The third-order valence-electron chi connectivity index (χ3n) is 7.87. The van der Waals surface area contributed by atoms with Crippen LogP contribution in [0.25, 0.3) is 0 Å². The Hall–Kier alpha value is -2.90. The van der Waals surface area contributed by atoms with Gasteiger partial charge in [-0.15, -0.1) is 0 Å². The van der Waals surface area contributed by atoms with Gasteiger partial charge in [0.05, 0.1) is 25.8 Å². The zero-order valence-corrected chi connectivity index (χ0v) is 30.1. The summed E-state index contributed by atoms with van der Waals surface area (Å²) in [6.07, 6.45) is 3.51. The molecule has 1 fully saturated rings. The molecule has 0 bridgehead atoms. The molecule has 0 radical (unpaired) electrons. The van der Waals surface area contributed by atoms with Crippen molar-refractivity contribution in [3.63, 3.8) is 0 Å². The number of likely N-dealkylation sites (N-methyl/N-ethyl adjacent to an activating group) is 1. The fourth-order valence-electron chi connectivity index (χ4n) is 5.36. The minimum absolute atomic E-state index is 0.0351. The highest BCUT2D eigenvalue weighted by Crippen LogP contribution is 2.53. The van der Waals surface area contributed by atoms with E-state index in [0.717, 1.165) is 32.1 Å². The number of hydrogen-bond donors (Lipinski definition) is 4. The maximum Gasteiger partial charge on any atom is 0.408 e. The van der Waals surface area contributed by atoms with Crippen LogP contribution in [-0.2, 0) is 39.3 Å². The van der Waals surface area contributed by atoms with Crippen LogP contribution in [0.5, 0.6) is 0 Å². The summed E-state index contributed by atoms with van der Waals surface area (Å²) >= 11 is 6.04. The lowest BCUT2D eigenvalue weighted by Crippen LogP contribution is -2.53. The highest BCUT2D eigenvalue weighted by molar-refractivity contribution is 7.54. The molecular formula is C32H52ClN4O10P. The fraction of sp³-hybridized carbons (Fsp3) is 0.688. The van der Waals surface area contributed by atoms with Crippen molar-refractivity contribution in [2.24, 2.45) is 5.92 Å². The number of halogens is 1. The normalized spacial score (nSPS) is 15.5. The Bertz CT molecular complexity index is 1210. The van der Waals surface area contributed by atoms with E-state index >= 15 is 0 Å². The molecule has 0 aliphatic heterocycles. The monoisotopic (exact) mass is 718 g/mol. The summed E-state index contributed by atoms with van der Waals surface area (Å²) in [5, 5.41) is 19.7. The largest absolute Gasteiger partial charge is 0.448 e. The van der Waals surface area contributed by atoms with Crippen molar-refractivity contribution >= 4 is 43.2 Å². The number of alkyl carbamates (subject to hydrolysis) is 2. The Morgan fingerprint density at radius 1 is 1.02 bits per heavy atom. The van der Waals surface area contributed by atoms with Gasteiger partial charge in [0, 0.05) is 25.0 Å². The minimum atomic E-state index is -4.15. The molecule has 0 heterocycles. The average molecular weight is 719 g/mol. The average Bonchev–Trinajstić information content (AvgIpc) is 3.05. The van der Waals surface area contributed by atoms with Crippen molar-refractivity contribution in [2.45, 2.75) is 96.7 Å². The van der Waals surface area contributed by atoms with E-state index in [1.807, 2.05) is 0 Å². The Morgan fingerprint density at radius 2 is 1.71 bits per heavy atom. The minimum Gasteiger partial charge on any atom is -0.448 e. The van der Waals surface area contributed by atoms with Gasteiger partial charge in [-0.25, -0.2) is 9.59 Å². The van der Waals surface area contributed by atoms with E-state index in [1.165, 1.54) is 11.9 Å². The Kier molecular flexibility index (Phi) is 18.9. The van der Waals surface area contributed by atoms with Crippen LogP contribution < -0.4 is 16.0 Å². The summed E-state index contributed by atoms with van der Waals surface area (Å²) in [6, 6.07) is 4.56. The van der Waals surface area contributed by atoms with E-state index in [2.05, 4.69) is 16.0 Å². The zero-order valence-electron chi connectivity index (χ0n) is 28.4. The van der Waals surface area contributed by atoms with Crippen molar-refractivity contribution in [2.75, 3.05) is 40.0 Å². The molecule has 1 saturated carbocycles. The van der Waals surface area contributed by atoms with E-state index in [4.69, 9.17) is 30.1 Å². The van der Waals surface area contributed by atoms with Crippen molar-refractivity contribution in [3.8, 4) is 0 Å². The van der Waals surface area contributed by atoms with Gasteiger partial charge in [-0.2, -0.15) is 0 Å². The Balaban J connectivity index is 2.20. The lowest BCUT2D eigenvalue weighted by atomic mass is 9.84. The molecule has 1 aromatic rings. The van der Waals surface area contributed by atoms with Crippen LogP contribution in [0.3, 0.4) is 0 Å². The van der Waals surface area contributed by atoms with E-state index in [9.17, 15) is 28.8 Å². The molecule has 1 unspecified atom stereocenters. The predicted molar refractivity (Wildman–Crippen MR) is 180 cm³/mol. The van der Waals surface area contributed by atoms with Crippen molar-refractivity contribution in [3.05, 3.63) is 34.9 Å². The maximum absolute atomic E-state index is 13.8. The number of hydrogen-bond acceptors (Lipinski definition) is 10. The number of carbonyl (C=O) groups excluding carboxylic acids is 4. The SMILES string of the molecule is CCNC(=O)OCCN(C)C(=O)CC[C@H](NC(=O)[C@H](CC1CCCCC1)NC(=O)OCc1cccc(Cl)c1)C(O)P(=O)(OCC)OCC. The fourth-order valence-corrected chi connectivity index (χ4v) is 7.34. The number of benzene rings is 1. The van der Waals surface area contributed by atoms with Gasteiger partial charge in [0.2, 0.25) is 11.8 Å². The van der Waals surface area contributed by atoms with Crippen LogP contribution >= 0.6 is 19.2 Å². The van der Waals surface area contributed by atoms with Crippen LogP contribution in [0.15, 0.2) is 24.3 Å². The van der Waals surface area contributed by atoms with Crippen LogP contribution in [0.2, 0.25) is 5.02 Å². The molecule has 2 rings (SSSR count). The third-order valence-corrected chi connectivity index (χ3v) is 10.3. The summed E-state index contributed by atoms with van der Waals surface area (Å²) in [7, 11) is -2.63. The van der Waals surface area contributed by atoms with Gasteiger partial charge in [-0.05, 0) is 57.2 Å². The van der Waals surface area contributed by atoms with E-state index < -0.39 is 43.6 Å². The summed E-state index contributed by atoms with van der Waals surface area (Å²) in [5.74, 6) is -2.66. The number of nitrogens with one attached hydrogen (secondary N) is 3. The molecule has 3 atom stereocenters. The van der Waals surface area contributed by atoms with Gasteiger partial charge in [0.1, 0.15) is 19.3 Å². The van der Waals surface area contributed by atoms with Crippen molar-refractivity contribution in [1.82, 2.24) is 20.9 Å². The van der Waals surface area contributed by atoms with Crippen LogP contribution in [0, 0.1) is 5.92 Å². The quantitative estimate of drug-likeness (QED) is 0.135. The van der Waals surface area contributed by atoms with Crippen molar-refractivity contribution < 1.29 is 47.4 Å². The molecule has 272 valence electrons.